The summed E-state index contributed by atoms with van der Waals surface area (Å²) in [5.41, 5.74) is 8.81. The summed E-state index contributed by atoms with van der Waals surface area (Å²) in [6.45, 7) is 2.06. The molecule has 0 bridgehead atoms. The summed E-state index contributed by atoms with van der Waals surface area (Å²) >= 11 is 7.40. The zero-order valence-corrected chi connectivity index (χ0v) is 14.0. The molecule has 0 fully saturated rings. The number of hydrogen-bond acceptors (Lipinski definition) is 5. The molecule has 0 aliphatic carbocycles. The van der Waals surface area contributed by atoms with Gasteiger partial charge in [0.05, 0.1) is 0 Å². The van der Waals surface area contributed by atoms with Gasteiger partial charge < -0.3 is 11.1 Å². The summed E-state index contributed by atoms with van der Waals surface area (Å²) in [7, 11) is 0. The van der Waals surface area contributed by atoms with Gasteiger partial charge in [0.15, 0.2) is 5.82 Å². The lowest BCUT2D eigenvalue weighted by molar-refractivity contribution is 1.06. The van der Waals surface area contributed by atoms with E-state index < -0.39 is 0 Å². The van der Waals surface area contributed by atoms with Crippen molar-refractivity contribution < 1.29 is 0 Å². The maximum absolute atomic E-state index is 6.20. The van der Waals surface area contributed by atoms with E-state index >= 15 is 0 Å². The first kappa shape index (κ1) is 15.6. The number of aromatic nitrogens is 2. The van der Waals surface area contributed by atoms with Crippen LogP contribution in [0.2, 0.25) is 5.02 Å². The summed E-state index contributed by atoms with van der Waals surface area (Å²) in [6.07, 6.45) is 1.51. The van der Waals surface area contributed by atoms with Crippen LogP contribution in [0.3, 0.4) is 0 Å². The Morgan fingerprint density at radius 3 is 2.39 bits per heavy atom. The molecule has 2 aromatic carbocycles. The van der Waals surface area contributed by atoms with Crippen LogP contribution in [0.25, 0.3) is 0 Å². The van der Waals surface area contributed by atoms with Gasteiger partial charge >= 0.3 is 0 Å². The first-order chi connectivity index (χ1) is 11.1. The number of nitrogen functional groups attached to an aromatic ring is 1. The molecule has 1 aromatic heterocycles. The summed E-state index contributed by atoms with van der Waals surface area (Å²) < 4.78 is 0. The van der Waals surface area contributed by atoms with Crippen molar-refractivity contribution in [2.24, 2.45) is 0 Å². The summed E-state index contributed by atoms with van der Waals surface area (Å²) in [5, 5.41) is 4.59. The summed E-state index contributed by atoms with van der Waals surface area (Å²) in [4.78, 5) is 9.58. The molecule has 1 heterocycles. The SMILES string of the molecule is Cc1ccc(Sc2ncnc(Nc3ccc(Cl)cc3)c2N)cc1. The first-order valence-electron chi connectivity index (χ1n) is 6.99. The Morgan fingerprint density at radius 1 is 1.00 bits per heavy atom. The van der Waals surface area contributed by atoms with Crippen LogP contribution in [-0.2, 0) is 0 Å². The molecule has 0 saturated carbocycles. The lowest BCUT2D eigenvalue weighted by Gasteiger charge is -2.11. The molecule has 0 amide bonds. The van der Waals surface area contributed by atoms with Crippen molar-refractivity contribution in [2.45, 2.75) is 16.8 Å². The van der Waals surface area contributed by atoms with Crippen molar-refractivity contribution in [1.82, 2.24) is 9.97 Å². The van der Waals surface area contributed by atoms with Gasteiger partial charge in [0.2, 0.25) is 0 Å². The van der Waals surface area contributed by atoms with Crippen molar-refractivity contribution in [3.8, 4) is 0 Å². The molecular weight excluding hydrogens is 328 g/mol. The second-order valence-electron chi connectivity index (χ2n) is 4.99. The predicted molar refractivity (Wildman–Crippen MR) is 96.5 cm³/mol. The van der Waals surface area contributed by atoms with E-state index in [-0.39, 0.29) is 0 Å². The Kier molecular flexibility index (Phi) is 4.69. The minimum atomic E-state index is 0.521. The van der Waals surface area contributed by atoms with E-state index in [0.29, 0.717) is 16.5 Å². The largest absolute Gasteiger partial charge is 0.394 e. The van der Waals surface area contributed by atoms with Gasteiger partial charge in [0.25, 0.3) is 0 Å². The van der Waals surface area contributed by atoms with Gasteiger partial charge in [-0.15, -0.1) is 0 Å². The molecule has 0 atom stereocenters. The monoisotopic (exact) mass is 342 g/mol. The highest BCUT2D eigenvalue weighted by atomic mass is 35.5. The van der Waals surface area contributed by atoms with Crippen molar-refractivity contribution >= 4 is 40.6 Å². The Hall–Kier alpha value is -2.24. The Morgan fingerprint density at radius 2 is 1.70 bits per heavy atom. The number of benzene rings is 2. The minimum absolute atomic E-state index is 0.521. The normalized spacial score (nSPS) is 10.5. The Bertz CT molecular complexity index is 738. The van der Waals surface area contributed by atoms with Gasteiger partial charge in [-0.1, -0.05) is 41.1 Å². The van der Waals surface area contributed by atoms with E-state index in [1.165, 1.54) is 23.7 Å². The minimum Gasteiger partial charge on any atom is -0.394 e. The second kappa shape index (κ2) is 6.89. The molecule has 116 valence electrons. The van der Waals surface area contributed by atoms with Crippen molar-refractivity contribution in [2.75, 3.05) is 11.1 Å². The highest BCUT2D eigenvalue weighted by Crippen LogP contribution is 2.34. The van der Waals surface area contributed by atoms with Crippen LogP contribution in [-0.4, -0.2) is 9.97 Å². The number of aryl methyl sites for hydroxylation is 1. The lowest BCUT2D eigenvalue weighted by atomic mass is 10.2. The molecule has 6 heteroatoms. The number of nitrogens with zero attached hydrogens (tertiary/aromatic N) is 2. The molecule has 0 aliphatic heterocycles. The number of nitrogens with two attached hydrogens (primary N) is 1. The molecule has 0 radical (unpaired) electrons. The molecule has 0 aliphatic rings. The molecule has 0 unspecified atom stereocenters. The Balaban J connectivity index is 1.83. The average Bonchev–Trinajstić information content (AvgIpc) is 2.55. The van der Waals surface area contributed by atoms with Gasteiger partial charge in [-0.05, 0) is 43.3 Å². The average molecular weight is 343 g/mol. The van der Waals surface area contributed by atoms with E-state index in [2.05, 4.69) is 34.3 Å². The second-order valence-corrected chi connectivity index (χ2v) is 6.49. The summed E-state index contributed by atoms with van der Waals surface area (Å²) in [6, 6.07) is 15.6. The molecule has 3 aromatic rings. The fraction of sp³-hybridized carbons (Fsp3) is 0.0588. The maximum Gasteiger partial charge on any atom is 0.158 e. The summed E-state index contributed by atoms with van der Waals surface area (Å²) in [5.74, 6) is 0.580. The van der Waals surface area contributed by atoms with E-state index in [1.807, 2.05) is 36.4 Å². The van der Waals surface area contributed by atoms with Crippen molar-refractivity contribution in [3.05, 3.63) is 65.4 Å². The van der Waals surface area contributed by atoms with Crippen LogP contribution in [0.1, 0.15) is 5.56 Å². The highest BCUT2D eigenvalue weighted by molar-refractivity contribution is 7.99. The van der Waals surface area contributed by atoms with E-state index in [0.717, 1.165) is 15.6 Å². The highest BCUT2D eigenvalue weighted by Gasteiger charge is 2.10. The third-order valence-corrected chi connectivity index (χ3v) is 4.47. The quantitative estimate of drug-likeness (QED) is 0.659. The van der Waals surface area contributed by atoms with Gasteiger partial charge in [0.1, 0.15) is 17.0 Å². The number of nitrogens with one attached hydrogen (secondary N) is 1. The predicted octanol–water partition coefficient (Wildman–Crippen LogP) is 4.92. The van der Waals surface area contributed by atoms with Crippen LogP contribution in [0, 0.1) is 6.92 Å². The van der Waals surface area contributed by atoms with Crippen molar-refractivity contribution in [3.63, 3.8) is 0 Å². The van der Waals surface area contributed by atoms with Crippen LogP contribution in [0.5, 0.6) is 0 Å². The van der Waals surface area contributed by atoms with Crippen LogP contribution in [0.15, 0.2) is 64.8 Å². The number of rotatable bonds is 4. The van der Waals surface area contributed by atoms with E-state index in [4.69, 9.17) is 17.3 Å². The van der Waals surface area contributed by atoms with Gasteiger partial charge in [-0.25, -0.2) is 9.97 Å². The number of hydrogen-bond donors (Lipinski definition) is 2. The van der Waals surface area contributed by atoms with Gasteiger partial charge in [-0.2, -0.15) is 0 Å². The molecule has 0 saturated heterocycles. The van der Waals surface area contributed by atoms with Gasteiger partial charge in [0, 0.05) is 15.6 Å². The Labute approximate surface area is 144 Å². The standard InChI is InChI=1S/C17H15ClN4S/c1-11-2-8-14(9-3-11)23-17-15(19)16(20-10-21-17)22-13-6-4-12(18)5-7-13/h2-10H,19H2,1H3,(H,20,21,22). The maximum atomic E-state index is 6.20. The number of halogens is 1. The zero-order chi connectivity index (χ0) is 16.2. The van der Waals surface area contributed by atoms with E-state index in [9.17, 15) is 0 Å². The molecule has 3 rings (SSSR count). The van der Waals surface area contributed by atoms with Crippen LogP contribution < -0.4 is 11.1 Å². The molecule has 0 spiro atoms. The molecule has 23 heavy (non-hydrogen) atoms. The van der Waals surface area contributed by atoms with Crippen LogP contribution in [0.4, 0.5) is 17.2 Å². The first-order valence-corrected chi connectivity index (χ1v) is 8.19. The molecule has 4 nitrogen and oxygen atoms in total. The third-order valence-electron chi connectivity index (χ3n) is 3.19. The molecular formula is C17H15ClN4S. The zero-order valence-electron chi connectivity index (χ0n) is 12.5. The number of anilines is 3. The third kappa shape index (κ3) is 3.94. The fourth-order valence-corrected chi connectivity index (χ4v) is 2.88. The van der Waals surface area contributed by atoms with Crippen molar-refractivity contribution in [1.29, 1.82) is 0 Å². The topological polar surface area (TPSA) is 63.8 Å². The van der Waals surface area contributed by atoms with E-state index in [1.54, 1.807) is 0 Å². The van der Waals surface area contributed by atoms with Crippen LogP contribution >= 0.6 is 23.4 Å². The molecule has 3 N–H and O–H groups in total. The fourth-order valence-electron chi connectivity index (χ4n) is 1.95. The smallest absolute Gasteiger partial charge is 0.158 e. The lowest BCUT2D eigenvalue weighted by Crippen LogP contribution is -2.02. The van der Waals surface area contributed by atoms with Gasteiger partial charge in [-0.3, -0.25) is 0 Å².